The number of aromatic nitrogens is 3. The van der Waals surface area contributed by atoms with Crippen LogP contribution in [0.15, 0.2) is 35.3 Å². The van der Waals surface area contributed by atoms with Gasteiger partial charge in [0.05, 0.1) is 18.6 Å². The predicted molar refractivity (Wildman–Crippen MR) is 80.2 cm³/mol. The standard InChI is InChI=1S/C14H17BrN4O/c1-10(2)19(7-11-5-4-6-13(15)17-11)14(20)12-8-18(3)9-16-12/h4-6,8-10H,7H2,1-3H3. The van der Waals surface area contributed by atoms with Crippen molar-refractivity contribution in [2.75, 3.05) is 0 Å². The molecular formula is C14H17BrN4O. The Labute approximate surface area is 126 Å². The Morgan fingerprint density at radius 3 is 2.75 bits per heavy atom. The maximum Gasteiger partial charge on any atom is 0.274 e. The van der Waals surface area contributed by atoms with E-state index in [1.54, 1.807) is 22.0 Å². The molecule has 6 heteroatoms. The minimum atomic E-state index is -0.0811. The lowest BCUT2D eigenvalue weighted by Crippen LogP contribution is -2.36. The minimum Gasteiger partial charge on any atom is -0.340 e. The van der Waals surface area contributed by atoms with E-state index in [9.17, 15) is 4.79 Å². The van der Waals surface area contributed by atoms with Crippen molar-refractivity contribution in [2.45, 2.75) is 26.4 Å². The second kappa shape index (κ2) is 6.17. The van der Waals surface area contributed by atoms with Gasteiger partial charge in [0.25, 0.3) is 5.91 Å². The van der Waals surface area contributed by atoms with E-state index in [-0.39, 0.29) is 11.9 Å². The van der Waals surface area contributed by atoms with Gasteiger partial charge in [0, 0.05) is 19.3 Å². The molecule has 0 aromatic carbocycles. The first kappa shape index (κ1) is 14.7. The van der Waals surface area contributed by atoms with Crippen LogP contribution in [-0.2, 0) is 13.6 Å². The van der Waals surface area contributed by atoms with E-state index in [0.717, 1.165) is 10.3 Å². The number of hydrogen-bond donors (Lipinski definition) is 0. The van der Waals surface area contributed by atoms with E-state index in [1.807, 2.05) is 39.1 Å². The van der Waals surface area contributed by atoms with Crippen LogP contribution in [0.25, 0.3) is 0 Å². The van der Waals surface area contributed by atoms with Crippen LogP contribution < -0.4 is 0 Å². The van der Waals surface area contributed by atoms with Crippen molar-refractivity contribution < 1.29 is 4.79 Å². The summed E-state index contributed by atoms with van der Waals surface area (Å²) >= 11 is 3.34. The molecule has 0 saturated carbocycles. The highest BCUT2D eigenvalue weighted by atomic mass is 79.9. The van der Waals surface area contributed by atoms with Crippen LogP contribution in [0, 0.1) is 0 Å². The quantitative estimate of drug-likeness (QED) is 0.806. The fourth-order valence-electron chi connectivity index (χ4n) is 1.87. The molecule has 1 amide bonds. The number of halogens is 1. The van der Waals surface area contributed by atoms with Crippen LogP contribution in [0.3, 0.4) is 0 Å². The number of hydrogen-bond acceptors (Lipinski definition) is 3. The molecule has 2 aromatic rings. The third-order valence-electron chi connectivity index (χ3n) is 2.91. The topological polar surface area (TPSA) is 51.0 Å². The number of nitrogens with zero attached hydrogens (tertiary/aromatic N) is 4. The molecule has 0 fully saturated rings. The molecule has 0 aliphatic heterocycles. The molecule has 106 valence electrons. The smallest absolute Gasteiger partial charge is 0.274 e. The van der Waals surface area contributed by atoms with Crippen molar-refractivity contribution >= 4 is 21.8 Å². The normalized spacial score (nSPS) is 10.8. The lowest BCUT2D eigenvalue weighted by Gasteiger charge is -2.25. The molecule has 2 rings (SSSR count). The highest BCUT2D eigenvalue weighted by Crippen LogP contribution is 2.13. The van der Waals surface area contributed by atoms with Crippen LogP contribution >= 0.6 is 15.9 Å². The lowest BCUT2D eigenvalue weighted by molar-refractivity contribution is 0.0682. The molecule has 2 heterocycles. The van der Waals surface area contributed by atoms with E-state index < -0.39 is 0 Å². The third kappa shape index (κ3) is 3.45. The SMILES string of the molecule is CC(C)N(Cc1cccc(Br)n1)C(=O)c1cn(C)cn1. The lowest BCUT2D eigenvalue weighted by atomic mass is 10.2. The molecule has 0 aliphatic carbocycles. The largest absolute Gasteiger partial charge is 0.340 e. The predicted octanol–water partition coefficient (Wildman–Crippen LogP) is 2.63. The van der Waals surface area contributed by atoms with E-state index in [1.165, 1.54) is 0 Å². The fraction of sp³-hybridized carbons (Fsp3) is 0.357. The van der Waals surface area contributed by atoms with E-state index >= 15 is 0 Å². The van der Waals surface area contributed by atoms with Crippen molar-refractivity contribution in [1.29, 1.82) is 0 Å². The average Bonchev–Trinajstić information content (AvgIpc) is 2.82. The van der Waals surface area contributed by atoms with Gasteiger partial charge in [0.1, 0.15) is 10.3 Å². The number of aryl methyl sites for hydroxylation is 1. The van der Waals surface area contributed by atoms with Gasteiger partial charge in [-0.15, -0.1) is 0 Å². The van der Waals surface area contributed by atoms with Crippen LogP contribution in [0.2, 0.25) is 0 Å². The summed E-state index contributed by atoms with van der Waals surface area (Å²) in [4.78, 5) is 22.8. The number of imidazole rings is 1. The molecule has 0 aliphatic rings. The Bertz CT molecular complexity index is 609. The Morgan fingerprint density at radius 1 is 1.45 bits per heavy atom. The molecule has 0 bridgehead atoms. The number of carbonyl (C=O) groups excluding carboxylic acids is 1. The highest BCUT2D eigenvalue weighted by Gasteiger charge is 2.21. The van der Waals surface area contributed by atoms with Gasteiger partial charge in [0.15, 0.2) is 0 Å². The van der Waals surface area contributed by atoms with Crippen molar-refractivity contribution in [3.8, 4) is 0 Å². The van der Waals surface area contributed by atoms with E-state index in [2.05, 4.69) is 25.9 Å². The van der Waals surface area contributed by atoms with Crippen molar-refractivity contribution in [2.24, 2.45) is 7.05 Å². The molecule has 0 atom stereocenters. The Balaban J connectivity index is 2.21. The zero-order chi connectivity index (χ0) is 14.7. The van der Waals surface area contributed by atoms with Gasteiger partial charge in [-0.2, -0.15) is 0 Å². The molecule has 2 aromatic heterocycles. The summed E-state index contributed by atoms with van der Waals surface area (Å²) in [6.07, 6.45) is 3.36. The third-order valence-corrected chi connectivity index (χ3v) is 3.35. The molecule has 20 heavy (non-hydrogen) atoms. The summed E-state index contributed by atoms with van der Waals surface area (Å²) < 4.78 is 2.53. The number of pyridine rings is 1. The van der Waals surface area contributed by atoms with Gasteiger partial charge >= 0.3 is 0 Å². The van der Waals surface area contributed by atoms with Gasteiger partial charge in [-0.25, -0.2) is 9.97 Å². The average molecular weight is 337 g/mol. The summed E-state index contributed by atoms with van der Waals surface area (Å²) in [5.41, 5.74) is 1.30. The van der Waals surface area contributed by atoms with Crippen LogP contribution in [0.4, 0.5) is 0 Å². The summed E-state index contributed by atoms with van der Waals surface area (Å²) in [5, 5.41) is 0. The summed E-state index contributed by atoms with van der Waals surface area (Å²) in [6.45, 7) is 4.43. The zero-order valence-electron chi connectivity index (χ0n) is 11.7. The fourth-order valence-corrected chi connectivity index (χ4v) is 2.25. The first-order valence-electron chi connectivity index (χ1n) is 6.37. The first-order chi connectivity index (χ1) is 9.47. The first-order valence-corrected chi connectivity index (χ1v) is 7.17. The van der Waals surface area contributed by atoms with Crippen molar-refractivity contribution in [3.63, 3.8) is 0 Å². The van der Waals surface area contributed by atoms with Gasteiger partial charge in [-0.1, -0.05) is 6.07 Å². The van der Waals surface area contributed by atoms with Gasteiger partial charge in [-0.05, 0) is 41.9 Å². The maximum absolute atomic E-state index is 12.5. The van der Waals surface area contributed by atoms with Crippen molar-refractivity contribution in [3.05, 3.63) is 46.7 Å². The molecule has 0 spiro atoms. The summed E-state index contributed by atoms with van der Waals surface area (Å²) in [7, 11) is 1.85. The second-order valence-corrected chi connectivity index (χ2v) is 5.72. The molecule has 0 N–H and O–H groups in total. The Kier molecular flexibility index (Phi) is 4.54. The second-order valence-electron chi connectivity index (χ2n) is 4.90. The Morgan fingerprint density at radius 2 is 2.20 bits per heavy atom. The minimum absolute atomic E-state index is 0.0743. The van der Waals surface area contributed by atoms with Crippen molar-refractivity contribution in [1.82, 2.24) is 19.4 Å². The Hall–Kier alpha value is -1.69. The molecular weight excluding hydrogens is 320 g/mol. The number of carbonyl (C=O) groups is 1. The zero-order valence-corrected chi connectivity index (χ0v) is 13.3. The highest BCUT2D eigenvalue weighted by molar-refractivity contribution is 9.10. The van der Waals surface area contributed by atoms with E-state index in [4.69, 9.17) is 0 Å². The van der Waals surface area contributed by atoms with Gasteiger partial charge in [-0.3, -0.25) is 4.79 Å². The summed E-state index contributed by atoms with van der Waals surface area (Å²) in [5.74, 6) is -0.0811. The molecule has 0 saturated heterocycles. The number of rotatable bonds is 4. The van der Waals surface area contributed by atoms with E-state index in [0.29, 0.717) is 12.2 Å². The molecule has 0 radical (unpaired) electrons. The van der Waals surface area contributed by atoms with Crippen LogP contribution in [0.1, 0.15) is 30.0 Å². The van der Waals surface area contributed by atoms with Gasteiger partial charge < -0.3 is 9.47 Å². The molecule has 5 nitrogen and oxygen atoms in total. The summed E-state index contributed by atoms with van der Waals surface area (Å²) in [6, 6.07) is 5.76. The van der Waals surface area contributed by atoms with Gasteiger partial charge in [0.2, 0.25) is 0 Å². The maximum atomic E-state index is 12.5. The number of amides is 1. The molecule has 0 unspecified atom stereocenters. The van der Waals surface area contributed by atoms with Crippen LogP contribution in [0.5, 0.6) is 0 Å². The van der Waals surface area contributed by atoms with Crippen LogP contribution in [-0.4, -0.2) is 31.4 Å². The monoisotopic (exact) mass is 336 g/mol.